The van der Waals surface area contributed by atoms with Crippen LogP contribution in [0.2, 0.25) is 0 Å². The second kappa shape index (κ2) is 9.78. The number of nitrogens with zero attached hydrogens (tertiary/aromatic N) is 1. The largest absolute Gasteiger partial charge is 0.491 e. The fourth-order valence-corrected chi connectivity index (χ4v) is 2.22. The molecule has 0 atom stereocenters. The van der Waals surface area contributed by atoms with Gasteiger partial charge in [0.05, 0.1) is 6.10 Å². The summed E-state index contributed by atoms with van der Waals surface area (Å²) in [5.41, 5.74) is 1.28. The standard InChI is InChI=1S/C17H30N2O/c1-5-11-19(6-2)12-10-18-14-16-8-7-9-17(13-16)20-15(3)4/h7-9,13,15,18H,5-6,10-12,14H2,1-4H3. The van der Waals surface area contributed by atoms with Gasteiger partial charge in [-0.25, -0.2) is 0 Å². The number of likely N-dealkylation sites (N-methyl/N-ethyl adjacent to an activating group) is 1. The molecule has 0 aromatic heterocycles. The van der Waals surface area contributed by atoms with Crippen molar-refractivity contribution in [2.75, 3.05) is 26.2 Å². The Bertz CT molecular complexity index is 366. The smallest absolute Gasteiger partial charge is 0.120 e. The van der Waals surface area contributed by atoms with Gasteiger partial charge in [-0.15, -0.1) is 0 Å². The van der Waals surface area contributed by atoms with Gasteiger partial charge < -0.3 is 15.0 Å². The van der Waals surface area contributed by atoms with Gasteiger partial charge in [0.1, 0.15) is 5.75 Å². The molecule has 1 N–H and O–H groups in total. The van der Waals surface area contributed by atoms with E-state index in [9.17, 15) is 0 Å². The second-order valence-electron chi connectivity index (χ2n) is 5.43. The van der Waals surface area contributed by atoms with E-state index in [1.165, 1.54) is 18.5 Å². The van der Waals surface area contributed by atoms with E-state index in [1.54, 1.807) is 0 Å². The third kappa shape index (κ3) is 6.92. The molecule has 0 saturated carbocycles. The van der Waals surface area contributed by atoms with Gasteiger partial charge in [0, 0.05) is 19.6 Å². The number of benzene rings is 1. The van der Waals surface area contributed by atoms with Crippen LogP contribution < -0.4 is 10.1 Å². The Hall–Kier alpha value is -1.06. The SMILES string of the molecule is CCCN(CC)CCNCc1cccc(OC(C)C)c1. The molecule has 0 radical (unpaired) electrons. The average molecular weight is 278 g/mol. The zero-order valence-corrected chi connectivity index (χ0v) is 13.5. The Balaban J connectivity index is 2.31. The number of rotatable bonds is 10. The zero-order valence-electron chi connectivity index (χ0n) is 13.5. The first kappa shape index (κ1) is 17.0. The summed E-state index contributed by atoms with van der Waals surface area (Å²) >= 11 is 0. The first-order valence-electron chi connectivity index (χ1n) is 7.84. The predicted octanol–water partition coefficient (Wildman–Crippen LogP) is 3.30. The summed E-state index contributed by atoms with van der Waals surface area (Å²) in [6, 6.07) is 8.34. The van der Waals surface area contributed by atoms with Crippen LogP contribution in [0.5, 0.6) is 5.75 Å². The van der Waals surface area contributed by atoms with Crippen LogP contribution in [-0.4, -0.2) is 37.2 Å². The van der Waals surface area contributed by atoms with E-state index in [1.807, 2.05) is 6.07 Å². The van der Waals surface area contributed by atoms with Gasteiger partial charge in [-0.3, -0.25) is 0 Å². The molecule has 0 fully saturated rings. The fourth-order valence-electron chi connectivity index (χ4n) is 2.22. The maximum atomic E-state index is 5.71. The Kier molecular flexibility index (Phi) is 8.31. The van der Waals surface area contributed by atoms with E-state index >= 15 is 0 Å². The lowest BCUT2D eigenvalue weighted by molar-refractivity contribution is 0.242. The van der Waals surface area contributed by atoms with Crippen LogP contribution in [0.4, 0.5) is 0 Å². The molecule has 0 aliphatic rings. The van der Waals surface area contributed by atoms with E-state index in [2.05, 4.69) is 56.1 Å². The van der Waals surface area contributed by atoms with Crippen molar-refractivity contribution in [1.82, 2.24) is 10.2 Å². The minimum Gasteiger partial charge on any atom is -0.491 e. The maximum Gasteiger partial charge on any atom is 0.120 e. The van der Waals surface area contributed by atoms with Crippen molar-refractivity contribution in [3.63, 3.8) is 0 Å². The lowest BCUT2D eigenvalue weighted by Crippen LogP contribution is -2.32. The summed E-state index contributed by atoms with van der Waals surface area (Å²) in [6.07, 6.45) is 1.45. The lowest BCUT2D eigenvalue weighted by atomic mass is 10.2. The van der Waals surface area contributed by atoms with E-state index < -0.39 is 0 Å². The molecule has 0 aliphatic heterocycles. The molecule has 0 amide bonds. The van der Waals surface area contributed by atoms with Gasteiger partial charge in [0.15, 0.2) is 0 Å². The number of nitrogens with one attached hydrogen (secondary N) is 1. The second-order valence-corrected chi connectivity index (χ2v) is 5.43. The van der Waals surface area contributed by atoms with E-state index in [0.29, 0.717) is 0 Å². The van der Waals surface area contributed by atoms with Crippen LogP contribution in [-0.2, 0) is 6.54 Å². The summed E-state index contributed by atoms with van der Waals surface area (Å²) in [7, 11) is 0. The van der Waals surface area contributed by atoms with Crippen LogP contribution in [0.15, 0.2) is 24.3 Å². The van der Waals surface area contributed by atoms with Crippen LogP contribution in [0.1, 0.15) is 39.7 Å². The highest BCUT2D eigenvalue weighted by Gasteiger charge is 2.01. The Morgan fingerprint density at radius 3 is 2.65 bits per heavy atom. The Morgan fingerprint density at radius 1 is 1.20 bits per heavy atom. The lowest BCUT2D eigenvalue weighted by Gasteiger charge is -2.19. The average Bonchev–Trinajstić information content (AvgIpc) is 2.42. The quantitative estimate of drug-likeness (QED) is 0.665. The van der Waals surface area contributed by atoms with Crippen LogP contribution in [0, 0.1) is 0 Å². The molecule has 1 aromatic rings. The highest BCUT2D eigenvalue weighted by atomic mass is 16.5. The van der Waals surface area contributed by atoms with Crippen molar-refractivity contribution in [3.8, 4) is 5.75 Å². The van der Waals surface area contributed by atoms with Crippen LogP contribution >= 0.6 is 0 Å². The monoisotopic (exact) mass is 278 g/mol. The van der Waals surface area contributed by atoms with Crippen molar-refractivity contribution in [3.05, 3.63) is 29.8 Å². The molecule has 3 heteroatoms. The van der Waals surface area contributed by atoms with Gasteiger partial charge in [-0.2, -0.15) is 0 Å². The predicted molar refractivity (Wildman–Crippen MR) is 86.3 cm³/mol. The molecule has 0 saturated heterocycles. The van der Waals surface area contributed by atoms with Crippen molar-refractivity contribution < 1.29 is 4.74 Å². The summed E-state index contributed by atoms with van der Waals surface area (Å²) < 4.78 is 5.71. The first-order valence-corrected chi connectivity index (χ1v) is 7.84. The van der Waals surface area contributed by atoms with Crippen LogP contribution in [0.3, 0.4) is 0 Å². The number of hydrogen-bond acceptors (Lipinski definition) is 3. The molecule has 3 nitrogen and oxygen atoms in total. The molecule has 1 rings (SSSR count). The molecule has 0 unspecified atom stereocenters. The normalized spacial score (nSPS) is 11.3. The zero-order chi connectivity index (χ0) is 14.8. The topological polar surface area (TPSA) is 24.5 Å². The molecule has 20 heavy (non-hydrogen) atoms. The number of hydrogen-bond donors (Lipinski definition) is 1. The van der Waals surface area contributed by atoms with Gasteiger partial charge in [0.2, 0.25) is 0 Å². The van der Waals surface area contributed by atoms with E-state index in [-0.39, 0.29) is 6.10 Å². The molecule has 0 heterocycles. The molecule has 0 bridgehead atoms. The molecule has 0 spiro atoms. The van der Waals surface area contributed by atoms with Crippen molar-refractivity contribution in [2.24, 2.45) is 0 Å². The summed E-state index contributed by atoms with van der Waals surface area (Å²) in [5, 5.41) is 3.51. The minimum absolute atomic E-state index is 0.227. The minimum atomic E-state index is 0.227. The highest BCUT2D eigenvalue weighted by molar-refractivity contribution is 5.28. The van der Waals surface area contributed by atoms with Crippen LogP contribution in [0.25, 0.3) is 0 Å². The van der Waals surface area contributed by atoms with E-state index in [0.717, 1.165) is 31.9 Å². The molecule has 114 valence electrons. The van der Waals surface area contributed by atoms with E-state index in [4.69, 9.17) is 4.74 Å². The van der Waals surface area contributed by atoms with Gasteiger partial charge in [0.25, 0.3) is 0 Å². The molecular formula is C17H30N2O. The molecular weight excluding hydrogens is 248 g/mol. The van der Waals surface area contributed by atoms with Gasteiger partial charge >= 0.3 is 0 Å². The highest BCUT2D eigenvalue weighted by Crippen LogP contribution is 2.14. The third-order valence-electron chi connectivity index (χ3n) is 3.19. The third-order valence-corrected chi connectivity index (χ3v) is 3.19. The summed E-state index contributed by atoms with van der Waals surface area (Å²) in [4.78, 5) is 2.48. The maximum absolute atomic E-state index is 5.71. The van der Waals surface area contributed by atoms with Gasteiger partial charge in [-0.05, 0) is 51.1 Å². The summed E-state index contributed by atoms with van der Waals surface area (Å²) in [5.74, 6) is 0.959. The van der Waals surface area contributed by atoms with Crippen molar-refractivity contribution in [1.29, 1.82) is 0 Å². The van der Waals surface area contributed by atoms with Crippen molar-refractivity contribution in [2.45, 2.75) is 46.8 Å². The molecule has 1 aromatic carbocycles. The first-order chi connectivity index (χ1) is 9.65. The van der Waals surface area contributed by atoms with Gasteiger partial charge in [-0.1, -0.05) is 26.0 Å². The molecule has 0 aliphatic carbocycles. The number of ether oxygens (including phenoxy) is 1. The Morgan fingerprint density at radius 2 is 2.00 bits per heavy atom. The Labute approximate surface area is 124 Å². The summed E-state index contributed by atoms with van der Waals surface area (Å²) in [6.45, 7) is 13.9. The fraction of sp³-hybridized carbons (Fsp3) is 0.647. The van der Waals surface area contributed by atoms with Crippen molar-refractivity contribution >= 4 is 0 Å².